The number of nitrogens with zero attached hydrogens (tertiary/aromatic N) is 1. The summed E-state index contributed by atoms with van der Waals surface area (Å²) < 4.78 is 6.51. The molecule has 1 N–H and O–H groups in total. The van der Waals surface area contributed by atoms with Crippen LogP contribution in [0.2, 0.25) is 0 Å². The van der Waals surface area contributed by atoms with Crippen molar-refractivity contribution in [1.29, 1.82) is 0 Å². The molecule has 27 heavy (non-hydrogen) atoms. The molecule has 4 rings (SSSR count). The van der Waals surface area contributed by atoms with Gasteiger partial charge in [0.1, 0.15) is 18.7 Å². The van der Waals surface area contributed by atoms with Crippen molar-refractivity contribution in [3.63, 3.8) is 0 Å². The van der Waals surface area contributed by atoms with Gasteiger partial charge in [0.25, 0.3) is 5.91 Å². The summed E-state index contributed by atoms with van der Waals surface area (Å²) >= 11 is 1.51. The third kappa shape index (κ3) is 3.26. The van der Waals surface area contributed by atoms with Crippen LogP contribution in [0.15, 0.2) is 29.6 Å². The van der Waals surface area contributed by atoms with Crippen LogP contribution in [0.4, 0.5) is 0 Å². The smallest absolute Gasteiger partial charge is 0.253 e. The average Bonchev–Trinajstić information content (AvgIpc) is 3.37. The van der Waals surface area contributed by atoms with E-state index in [4.69, 9.17) is 4.74 Å². The fourth-order valence-corrected chi connectivity index (χ4v) is 4.92. The summed E-state index contributed by atoms with van der Waals surface area (Å²) in [4.78, 5) is 39.7. The quantitative estimate of drug-likeness (QED) is 0.856. The fourth-order valence-electron chi connectivity index (χ4n) is 3.98. The van der Waals surface area contributed by atoms with E-state index in [0.29, 0.717) is 24.9 Å². The van der Waals surface area contributed by atoms with Crippen molar-refractivity contribution < 1.29 is 19.1 Å². The van der Waals surface area contributed by atoms with E-state index < -0.39 is 12.1 Å². The largest absolute Gasteiger partial charge is 0.368 e. The van der Waals surface area contributed by atoms with Crippen LogP contribution in [-0.4, -0.2) is 53.8 Å². The van der Waals surface area contributed by atoms with Crippen molar-refractivity contribution in [2.75, 3.05) is 13.2 Å². The molecule has 0 bridgehead atoms. The minimum absolute atomic E-state index is 0.0451. The second-order valence-corrected chi connectivity index (χ2v) is 7.95. The summed E-state index contributed by atoms with van der Waals surface area (Å²) in [6.45, 7) is 2.55. The molecule has 2 aromatic rings. The number of hydrogen-bond donors (Lipinski definition) is 1. The van der Waals surface area contributed by atoms with Gasteiger partial charge in [-0.3, -0.25) is 14.4 Å². The Bertz CT molecular complexity index is 893. The van der Waals surface area contributed by atoms with Gasteiger partial charge in [0.05, 0.1) is 11.7 Å². The average molecular weight is 386 g/mol. The molecule has 2 aliphatic heterocycles. The Balaban J connectivity index is 1.53. The molecule has 3 heterocycles. The molecule has 0 radical (unpaired) electrons. The number of thiophene rings is 1. The molecule has 6 nitrogen and oxygen atoms in total. The maximum absolute atomic E-state index is 13.1. The molecule has 7 heteroatoms. The molecule has 142 valence electrons. The number of fused-ring (bicyclic) bond motifs is 2. The van der Waals surface area contributed by atoms with Crippen LogP contribution < -0.4 is 5.32 Å². The topological polar surface area (TPSA) is 75.7 Å². The van der Waals surface area contributed by atoms with E-state index in [1.54, 1.807) is 4.90 Å². The monoisotopic (exact) mass is 386 g/mol. The summed E-state index contributed by atoms with van der Waals surface area (Å²) in [7, 11) is 0. The molecular weight excluding hydrogens is 364 g/mol. The first-order chi connectivity index (χ1) is 13.1. The van der Waals surface area contributed by atoms with Crippen LogP contribution in [0.5, 0.6) is 0 Å². The van der Waals surface area contributed by atoms with Gasteiger partial charge in [0.15, 0.2) is 5.78 Å². The fraction of sp³-hybridized carbons (Fsp3) is 0.450. The predicted octanol–water partition coefficient (Wildman–Crippen LogP) is 2.37. The van der Waals surface area contributed by atoms with Gasteiger partial charge in [0, 0.05) is 22.0 Å². The number of nitrogens with one attached hydrogen (secondary N) is 1. The normalized spacial score (nSPS) is 22.9. The van der Waals surface area contributed by atoms with E-state index in [-0.39, 0.29) is 30.3 Å². The molecule has 0 saturated carbocycles. The van der Waals surface area contributed by atoms with Crippen LogP contribution in [-0.2, 0) is 14.3 Å². The van der Waals surface area contributed by atoms with Crippen molar-refractivity contribution in [2.45, 2.75) is 44.4 Å². The molecule has 3 atom stereocenters. The highest BCUT2D eigenvalue weighted by Crippen LogP contribution is 2.29. The van der Waals surface area contributed by atoms with Gasteiger partial charge in [-0.2, -0.15) is 0 Å². The van der Waals surface area contributed by atoms with E-state index in [9.17, 15) is 14.4 Å². The van der Waals surface area contributed by atoms with E-state index >= 15 is 0 Å². The number of ketones is 1. The van der Waals surface area contributed by atoms with Crippen LogP contribution in [0.25, 0.3) is 10.1 Å². The number of carbonyl (C=O) groups is 3. The summed E-state index contributed by atoms with van der Waals surface area (Å²) in [5.41, 5.74) is 0.587. The maximum Gasteiger partial charge on any atom is 0.253 e. The first-order valence-electron chi connectivity index (χ1n) is 9.32. The van der Waals surface area contributed by atoms with Crippen LogP contribution in [0.3, 0.4) is 0 Å². The molecule has 3 unspecified atom stereocenters. The molecule has 2 aliphatic rings. The van der Waals surface area contributed by atoms with E-state index in [2.05, 4.69) is 5.32 Å². The zero-order valence-electron chi connectivity index (χ0n) is 15.1. The zero-order valence-corrected chi connectivity index (χ0v) is 16.0. The third-order valence-corrected chi connectivity index (χ3v) is 6.26. The molecule has 1 aromatic heterocycles. The van der Waals surface area contributed by atoms with E-state index in [1.165, 1.54) is 11.3 Å². The molecule has 2 fully saturated rings. The second kappa shape index (κ2) is 7.40. The maximum atomic E-state index is 13.1. The standard InChI is InChI=1S/C20H22N2O4S/c1-2-5-14(20(25)22-9-8-16-18(22)15(23)10-26-16)21-19(24)13-11-27-17-7-4-3-6-12(13)17/h3-4,6-7,11,14,16,18H,2,5,8-10H2,1H3,(H,21,24). The van der Waals surface area contributed by atoms with Gasteiger partial charge in [-0.25, -0.2) is 0 Å². The van der Waals surface area contributed by atoms with Crippen molar-refractivity contribution in [2.24, 2.45) is 0 Å². The Morgan fingerprint density at radius 1 is 1.37 bits per heavy atom. The van der Waals surface area contributed by atoms with Crippen LogP contribution >= 0.6 is 11.3 Å². The van der Waals surface area contributed by atoms with Crippen molar-refractivity contribution >= 4 is 39.0 Å². The highest BCUT2D eigenvalue weighted by Gasteiger charge is 2.47. The van der Waals surface area contributed by atoms with Crippen molar-refractivity contribution in [1.82, 2.24) is 10.2 Å². The molecule has 0 aliphatic carbocycles. The van der Waals surface area contributed by atoms with Crippen molar-refractivity contribution in [3.8, 4) is 0 Å². The Kier molecular flexibility index (Phi) is 4.97. The van der Waals surface area contributed by atoms with Gasteiger partial charge < -0.3 is 15.0 Å². The van der Waals surface area contributed by atoms with Gasteiger partial charge in [-0.15, -0.1) is 11.3 Å². The van der Waals surface area contributed by atoms with Gasteiger partial charge in [0.2, 0.25) is 5.91 Å². The van der Waals surface area contributed by atoms with Crippen LogP contribution in [0.1, 0.15) is 36.5 Å². The first-order valence-corrected chi connectivity index (χ1v) is 10.2. The molecule has 1 aromatic carbocycles. The Morgan fingerprint density at radius 3 is 3.00 bits per heavy atom. The minimum atomic E-state index is -0.631. The second-order valence-electron chi connectivity index (χ2n) is 7.04. The van der Waals surface area contributed by atoms with E-state index in [0.717, 1.165) is 16.5 Å². The molecule has 2 amide bonds. The van der Waals surface area contributed by atoms with Gasteiger partial charge in [-0.05, 0) is 18.9 Å². The summed E-state index contributed by atoms with van der Waals surface area (Å²) in [6.07, 6.45) is 1.77. The SMILES string of the molecule is CCCC(NC(=O)c1csc2ccccc12)C(=O)N1CCC2OCC(=O)C21. The number of benzene rings is 1. The third-order valence-electron chi connectivity index (χ3n) is 5.30. The lowest BCUT2D eigenvalue weighted by Crippen LogP contribution is -2.52. The number of Topliss-reactive ketones (excluding diaryl/α,β-unsaturated/α-hetero) is 1. The lowest BCUT2D eigenvalue weighted by Gasteiger charge is -2.27. The molecule has 2 saturated heterocycles. The number of amides is 2. The first kappa shape index (κ1) is 18.1. The molecule has 0 spiro atoms. The van der Waals surface area contributed by atoms with Gasteiger partial charge in [-0.1, -0.05) is 31.5 Å². The highest BCUT2D eigenvalue weighted by molar-refractivity contribution is 7.17. The Hall–Kier alpha value is -2.25. The lowest BCUT2D eigenvalue weighted by molar-refractivity contribution is -0.138. The summed E-state index contributed by atoms with van der Waals surface area (Å²) in [5, 5.41) is 5.63. The summed E-state index contributed by atoms with van der Waals surface area (Å²) in [6, 6.07) is 6.60. The zero-order chi connectivity index (χ0) is 19.0. The van der Waals surface area contributed by atoms with E-state index in [1.807, 2.05) is 36.6 Å². The number of carbonyl (C=O) groups excluding carboxylic acids is 3. The Labute approximate surface area is 161 Å². The van der Waals surface area contributed by atoms with Gasteiger partial charge >= 0.3 is 0 Å². The lowest BCUT2D eigenvalue weighted by atomic mass is 10.1. The highest BCUT2D eigenvalue weighted by atomic mass is 32.1. The number of likely N-dealkylation sites (tertiary alicyclic amines) is 1. The van der Waals surface area contributed by atoms with Crippen molar-refractivity contribution in [3.05, 3.63) is 35.2 Å². The Morgan fingerprint density at radius 2 is 2.19 bits per heavy atom. The predicted molar refractivity (Wildman–Crippen MR) is 103 cm³/mol. The minimum Gasteiger partial charge on any atom is -0.368 e. The number of hydrogen-bond acceptors (Lipinski definition) is 5. The number of rotatable bonds is 5. The summed E-state index contributed by atoms with van der Waals surface area (Å²) in [5.74, 6) is -0.476. The van der Waals surface area contributed by atoms with Crippen LogP contribution in [0, 0.1) is 0 Å². The number of ether oxygens (including phenoxy) is 1. The molecular formula is C20H22N2O4S.